The van der Waals surface area contributed by atoms with Gasteiger partial charge in [-0.15, -0.1) is 0 Å². The summed E-state index contributed by atoms with van der Waals surface area (Å²) < 4.78 is 64.7. The number of benzene rings is 2. The van der Waals surface area contributed by atoms with Gasteiger partial charge in [-0.3, -0.25) is 8.42 Å². The predicted molar refractivity (Wildman–Crippen MR) is 258 cm³/mol. The van der Waals surface area contributed by atoms with Crippen LogP contribution in [-0.4, -0.2) is 87.1 Å². The third-order valence-corrected chi connectivity index (χ3v) is 14.5. The smallest absolute Gasteiger partial charge is 0.199 e. The maximum absolute atomic E-state index is 14.3. The van der Waals surface area contributed by atoms with Crippen molar-refractivity contribution >= 4 is 33.2 Å². The molecule has 0 aliphatic heterocycles. The molecule has 2 aromatic carbocycles. The number of nitrogens with zero attached hydrogens (tertiary/aromatic N) is 7. The van der Waals surface area contributed by atoms with Gasteiger partial charge in [0.25, 0.3) is 0 Å². The molecule has 2 N–H and O–H groups in total. The largest absolute Gasteiger partial charge is 0.383 e. The molecule has 3 atom stereocenters. The molecule has 6 aromatic rings. The second kappa shape index (κ2) is 22.1. The standard InChI is InChI=1S/C50H60F2N8O4S2/c1-64-31-30-59-48(46(57-50(59)66(3)63)35-18-22-39(52)23-19-35)37-25-28-54-43(33-37)60(41-14-10-6-7-11-15-41)44(61)26-29-58-47(45(56-49(58)65(2)62)34-16-20-38(51)21-17-34)36-24-27-53-42(32-36)55-40-12-8-4-5-9-13-40/h16-25,27-28,32-33,40-41,44,61H,4-15,26,29-31H2,1-3H3,(H,53,55). The summed E-state index contributed by atoms with van der Waals surface area (Å²) in [5.74, 6) is 0.558. The lowest BCUT2D eigenvalue weighted by Crippen LogP contribution is -2.44. The summed E-state index contributed by atoms with van der Waals surface area (Å²) in [6, 6.07) is 20.3. The summed E-state index contributed by atoms with van der Waals surface area (Å²) in [4.78, 5) is 21.5. The number of aliphatic hydroxyl groups excluding tert-OH is 1. The van der Waals surface area contributed by atoms with Gasteiger partial charge in [0, 0.05) is 85.9 Å². The molecule has 2 aliphatic carbocycles. The van der Waals surface area contributed by atoms with Crippen LogP contribution in [-0.2, 0) is 39.4 Å². The van der Waals surface area contributed by atoms with Gasteiger partial charge in [0.05, 0.1) is 51.0 Å². The second-order valence-electron chi connectivity index (χ2n) is 17.4. The van der Waals surface area contributed by atoms with Crippen molar-refractivity contribution in [3.05, 3.63) is 96.8 Å². The highest BCUT2D eigenvalue weighted by atomic mass is 32.2. The van der Waals surface area contributed by atoms with Crippen molar-refractivity contribution in [2.45, 2.75) is 125 Å². The van der Waals surface area contributed by atoms with Crippen LogP contribution in [0.5, 0.6) is 0 Å². The van der Waals surface area contributed by atoms with E-state index in [-0.39, 0.29) is 30.6 Å². The zero-order valence-corrected chi connectivity index (χ0v) is 39.6. The third kappa shape index (κ3) is 11.0. The quantitative estimate of drug-likeness (QED) is 0.0671. The van der Waals surface area contributed by atoms with E-state index in [1.54, 1.807) is 56.3 Å². The van der Waals surface area contributed by atoms with Gasteiger partial charge in [0.2, 0.25) is 0 Å². The second-order valence-corrected chi connectivity index (χ2v) is 19.9. The normalized spacial score (nSPS) is 16.6. The van der Waals surface area contributed by atoms with E-state index >= 15 is 0 Å². The highest BCUT2D eigenvalue weighted by Gasteiger charge is 2.31. The molecule has 12 nitrogen and oxygen atoms in total. The number of ether oxygens (including phenoxy) is 1. The van der Waals surface area contributed by atoms with Gasteiger partial charge in [0.15, 0.2) is 10.3 Å². The van der Waals surface area contributed by atoms with E-state index in [1.807, 2.05) is 38.3 Å². The molecule has 3 unspecified atom stereocenters. The van der Waals surface area contributed by atoms with Crippen LogP contribution in [0.15, 0.2) is 95.5 Å². The Labute approximate surface area is 391 Å². The number of pyridine rings is 2. The SMILES string of the molecule is COCCn1c(S(C)=O)nc(-c2ccc(F)cc2)c1-c1ccnc(N(C(O)CCn2c(S(C)=O)nc(-c3ccc(F)cc3)c2-c2ccnc(NC3CCCCCC3)c2)C2CCCCCC2)c1. The van der Waals surface area contributed by atoms with Crippen LogP contribution in [0, 0.1) is 11.6 Å². The van der Waals surface area contributed by atoms with Crippen molar-refractivity contribution in [2.24, 2.45) is 0 Å². The Morgan fingerprint density at radius 3 is 1.73 bits per heavy atom. The highest BCUT2D eigenvalue weighted by Crippen LogP contribution is 2.39. The molecule has 16 heteroatoms. The molecule has 2 fully saturated rings. The van der Waals surface area contributed by atoms with E-state index in [1.165, 1.54) is 49.9 Å². The number of hydrogen-bond acceptors (Lipinski definition) is 10. The van der Waals surface area contributed by atoms with Gasteiger partial charge in [-0.2, -0.15) is 0 Å². The average Bonchev–Trinajstić information content (AvgIpc) is 3.63. The molecule has 0 amide bonds. The van der Waals surface area contributed by atoms with E-state index in [9.17, 15) is 22.3 Å². The van der Waals surface area contributed by atoms with E-state index in [0.717, 1.165) is 68.3 Å². The molecule has 66 heavy (non-hydrogen) atoms. The summed E-state index contributed by atoms with van der Waals surface area (Å²) in [5, 5.41) is 17.0. The summed E-state index contributed by atoms with van der Waals surface area (Å²) >= 11 is 0. The molecule has 0 radical (unpaired) electrons. The Morgan fingerprint density at radius 2 is 1.20 bits per heavy atom. The zero-order chi connectivity index (χ0) is 46.2. The first kappa shape index (κ1) is 47.3. The van der Waals surface area contributed by atoms with E-state index in [4.69, 9.17) is 24.7 Å². The number of hydrogen-bond donors (Lipinski definition) is 2. The van der Waals surface area contributed by atoms with Crippen LogP contribution in [0.1, 0.15) is 83.5 Å². The van der Waals surface area contributed by atoms with Crippen molar-refractivity contribution in [1.29, 1.82) is 0 Å². The number of rotatable bonds is 17. The number of imidazole rings is 2. The molecular weight excluding hydrogens is 879 g/mol. The Hall–Kier alpha value is -5.16. The van der Waals surface area contributed by atoms with Crippen LogP contribution in [0.2, 0.25) is 0 Å². The average molecular weight is 939 g/mol. The maximum Gasteiger partial charge on any atom is 0.199 e. The van der Waals surface area contributed by atoms with Crippen LogP contribution < -0.4 is 10.2 Å². The molecule has 0 saturated heterocycles. The number of halogens is 2. The first-order valence-electron chi connectivity index (χ1n) is 23.1. The minimum absolute atomic E-state index is 0.0337. The van der Waals surface area contributed by atoms with E-state index in [0.29, 0.717) is 69.2 Å². The number of nitrogens with one attached hydrogen (secondary N) is 1. The third-order valence-electron chi connectivity index (χ3n) is 12.8. The maximum atomic E-state index is 14.3. The Balaban J connectivity index is 1.20. The summed E-state index contributed by atoms with van der Waals surface area (Å²) in [6.45, 7) is 0.953. The fourth-order valence-corrected chi connectivity index (χ4v) is 11.0. The Morgan fingerprint density at radius 1 is 0.697 bits per heavy atom. The predicted octanol–water partition coefficient (Wildman–Crippen LogP) is 10.0. The minimum atomic E-state index is -1.53. The molecular formula is C50H60F2N8O4S2. The van der Waals surface area contributed by atoms with Gasteiger partial charge in [-0.1, -0.05) is 51.4 Å². The first-order valence-corrected chi connectivity index (χ1v) is 26.3. The van der Waals surface area contributed by atoms with Gasteiger partial charge in [0.1, 0.15) is 29.5 Å². The van der Waals surface area contributed by atoms with Crippen LogP contribution in [0.4, 0.5) is 20.4 Å². The topological polar surface area (TPSA) is 140 Å². The lowest BCUT2D eigenvalue weighted by atomic mass is 10.0. The molecule has 2 aliphatic rings. The highest BCUT2D eigenvalue weighted by molar-refractivity contribution is 7.84. The molecule has 0 bridgehead atoms. The zero-order valence-electron chi connectivity index (χ0n) is 38.0. The van der Waals surface area contributed by atoms with Crippen molar-refractivity contribution in [2.75, 3.05) is 36.4 Å². The minimum Gasteiger partial charge on any atom is -0.383 e. The van der Waals surface area contributed by atoms with Gasteiger partial charge in [-0.25, -0.2) is 28.7 Å². The molecule has 8 rings (SSSR count). The van der Waals surface area contributed by atoms with Gasteiger partial charge in [-0.05, 0) is 98.5 Å². The summed E-state index contributed by atoms with van der Waals surface area (Å²) in [6.07, 6.45) is 18.7. The van der Waals surface area contributed by atoms with Crippen LogP contribution >= 0.6 is 0 Å². The number of aromatic nitrogens is 6. The fourth-order valence-electron chi connectivity index (χ4n) is 9.60. The van der Waals surface area contributed by atoms with Crippen molar-refractivity contribution in [3.63, 3.8) is 0 Å². The molecule has 350 valence electrons. The van der Waals surface area contributed by atoms with Crippen molar-refractivity contribution in [3.8, 4) is 45.0 Å². The summed E-state index contributed by atoms with van der Waals surface area (Å²) in [5.41, 5.74) is 5.37. The number of methoxy groups -OCH3 is 1. The van der Waals surface area contributed by atoms with Crippen LogP contribution in [0.25, 0.3) is 45.0 Å². The first-order chi connectivity index (χ1) is 32.1. The Bertz CT molecular complexity index is 2610. The van der Waals surface area contributed by atoms with E-state index < -0.39 is 27.8 Å². The lowest BCUT2D eigenvalue weighted by Gasteiger charge is -2.37. The molecule has 4 heterocycles. The number of anilines is 2. The molecule has 2 saturated carbocycles. The van der Waals surface area contributed by atoms with Crippen molar-refractivity contribution < 1.29 is 27.0 Å². The monoisotopic (exact) mass is 938 g/mol. The molecule has 4 aromatic heterocycles. The van der Waals surface area contributed by atoms with E-state index in [2.05, 4.69) is 5.32 Å². The van der Waals surface area contributed by atoms with Gasteiger partial charge < -0.3 is 29.2 Å². The van der Waals surface area contributed by atoms with Gasteiger partial charge >= 0.3 is 0 Å². The molecule has 0 spiro atoms. The Kier molecular flexibility index (Phi) is 15.8. The number of aliphatic hydroxyl groups is 1. The summed E-state index contributed by atoms with van der Waals surface area (Å²) in [7, 11) is -1.39. The fraction of sp³-hybridized carbons (Fsp3) is 0.440. The van der Waals surface area contributed by atoms with Crippen LogP contribution in [0.3, 0.4) is 0 Å². The lowest BCUT2D eigenvalue weighted by molar-refractivity contribution is 0.137. The van der Waals surface area contributed by atoms with Crippen molar-refractivity contribution in [1.82, 2.24) is 29.1 Å².